The van der Waals surface area contributed by atoms with Crippen molar-refractivity contribution in [3.05, 3.63) is 29.6 Å². The van der Waals surface area contributed by atoms with Gasteiger partial charge in [0.15, 0.2) is 0 Å². The van der Waals surface area contributed by atoms with E-state index in [2.05, 4.69) is 0 Å². The molecule has 0 spiro atoms. The van der Waals surface area contributed by atoms with Crippen molar-refractivity contribution in [2.24, 2.45) is 0 Å². The average Bonchev–Trinajstić information content (AvgIpc) is 2.29. The summed E-state index contributed by atoms with van der Waals surface area (Å²) in [7, 11) is 1.50. The molecule has 3 heteroatoms. The first kappa shape index (κ1) is 11.4. The van der Waals surface area contributed by atoms with Gasteiger partial charge in [-0.2, -0.15) is 0 Å². The van der Waals surface area contributed by atoms with Crippen LogP contribution in [0.5, 0.6) is 5.75 Å². The minimum Gasteiger partial charge on any atom is -0.496 e. The zero-order valence-corrected chi connectivity index (χ0v) is 9.50. The summed E-state index contributed by atoms with van der Waals surface area (Å²) in [6.45, 7) is 0. The summed E-state index contributed by atoms with van der Waals surface area (Å²) in [5.41, 5.74) is -0.117. The van der Waals surface area contributed by atoms with Crippen molar-refractivity contribution in [2.75, 3.05) is 7.11 Å². The molecule has 1 aliphatic carbocycles. The van der Waals surface area contributed by atoms with Gasteiger partial charge >= 0.3 is 0 Å². The van der Waals surface area contributed by atoms with Crippen LogP contribution in [0.15, 0.2) is 18.2 Å². The van der Waals surface area contributed by atoms with Crippen LogP contribution in [-0.4, -0.2) is 12.2 Å². The Balaban J connectivity index is 2.37. The molecule has 0 aromatic heterocycles. The van der Waals surface area contributed by atoms with E-state index in [0.29, 0.717) is 5.75 Å². The average molecular weight is 224 g/mol. The minimum atomic E-state index is -0.836. The second-order valence-electron chi connectivity index (χ2n) is 4.44. The van der Waals surface area contributed by atoms with Gasteiger partial charge in [-0.05, 0) is 25.0 Å². The van der Waals surface area contributed by atoms with Crippen LogP contribution in [0.4, 0.5) is 4.39 Å². The first-order valence-electron chi connectivity index (χ1n) is 5.72. The second-order valence-corrected chi connectivity index (χ2v) is 4.44. The van der Waals surface area contributed by atoms with Gasteiger partial charge in [-0.15, -0.1) is 0 Å². The summed E-state index contributed by atoms with van der Waals surface area (Å²) in [4.78, 5) is 0. The molecule has 1 aromatic rings. The monoisotopic (exact) mass is 224 g/mol. The third kappa shape index (κ3) is 2.05. The highest BCUT2D eigenvalue weighted by atomic mass is 19.1. The molecule has 0 amide bonds. The van der Waals surface area contributed by atoms with E-state index in [4.69, 9.17) is 4.74 Å². The summed E-state index contributed by atoms with van der Waals surface area (Å²) in [6.07, 6.45) is 4.64. The van der Waals surface area contributed by atoms with Crippen LogP contribution in [0, 0.1) is 5.82 Å². The maximum atomic E-state index is 13.1. The second kappa shape index (κ2) is 4.42. The summed E-state index contributed by atoms with van der Waals surface area (Å²) >= 11 is 0. The quantitative estimate of drug-likeness (QED) is 0.836. The van der Waals surface area contributed by atoms with E-state index < -0.39 is 5.60 Å². The molecule has 0 unspecified atom stereocenters. The lowest BCUT2D eigenvalue weighted by molar-refractivity contribution is -0.00263. The van der Waals surface area contributed by atoms with Crippen LogP contribution in [0.2, 0.25) is 0 Å². The van der Waals surface area contributed by atoms with Gasteiger partial charge in [0.2, 0.25) is 0 Å². The summed E-state index contributed by atoms with van der Waals surface area (Å²) in [5, 5.41) is 10.5. The molecular formula is C13H17FO2. The molecule has 2 rings (SSSR count). The standard InChI is InChI=1S/C13H17FO2/c1-16-12-9-10(14)5-6-11(12)13(15)7-3-2-4-8-13/h5-6,9,15H,2-4,7-8H2,1H3. The summed E-state index contributed by atoms with van der Waals surface area (Å²) < 4.78 is 18.2. The van der Waals surface area contributed by atoms with Crippen molar-refractivity contribution in [3.63, 3.8) is 0 Å². The van der Waals surface area contributed by atoms with E-state index in [0.717, 1.165) is 37.7 Å². The van der Waals surface area contributed by atoms with Crippen LogP contribution in [0.1, 0.15) is 37.7 Å². The molecule has 1 saturated carbocycles. The molecular weight excluding hydrogens is 207 g/mol. The Kier molecular flexibility index (Phi) is 3.15. The highest BCUT2D eigenvalue weighted by Crippen LogP contribution is 2.41. The van der Waals surface area contributed by atoms with Crippen molar-refractivity contribution < 1.29 is 14.2 Å². The van der Waals surface area contributed by atoms with Gasteiger partial charge in [-0.25, -0.2) is 4.39 Å². The number of rotatable bonds is 2. The fourth-order valence-electron chi connectivity index (χ4n) is 2.46. The number of halogens is 1. The number of ether oxygens (including phenoxy) is 1. The lowest BCUT2D eigenvalue weighted by Crippen LogP contribution is -2.29. The fraction of sp³-hybridized carbons (Fsp3) is 0.538. The smallest absolute Gasteiger partial charge is 0.127 e. The molecule has 1 fully saturated rings. The van der Waals surface area contributed by atoms with Crippen molar-refractivity contribution in [3.8, 4) is 5.75 Å². The first-order chi connectivity index (χ1) is 7.65. The van der Waals surface area contributed by atoms with Gasteiger partial charge in [-0.1, -0.05) is 19.3 Å². The summed E-state index contributed by atoms with van der Waals surface area (Å²) in [6, 6.07) is 4.35. The van der Waals surface area contributed by atoms with E-state index in [1.807, 2.05) is 0 Å². The molecule has 0 heterocycles. The fourth-order valence-corrected chi connectivity index (χ4v) is 2.46. The lowest BCUT2D eigenvalue weighted by atomic mass is 9.79. The van der Waals surface area contributed by atoms with Crippen LogP contribution >= 0.6 is 0 Å². The van der Waals surface area contributed by atoms with E-state index >= 15 is 0 Å². The minimum absolute atomic E-state index is 0.333. The molecule has 0 atom stereocenters. The lowest BCUT2D eigenvalue weighted by Gasteiger charge is -2.33. The van der Waals surface area contributed by atoms with E-state index in [-0.39, 0.29) is 5.82 Å². The Hall–Kier alpha value is -1.09. The Bertz CT molecular complexity index is 370. The highest BCUT2D eigenvalue weighted by Gasteiger charge is 2.33. The van der Waals surface area contributed by atoms with Gasteiger partial charge in [0.1, 0.15) is 11.6 Å². The number of aliphatic hydroxyl groups is 1. The van der Waals surface area contributed by atoms with Gasteiger partial charge < -0.3 is 9.84 Å². The normalized spacial score (nSPS) is 19.4. The largest absolute Gasteiger partial charge is 0.496 e. The SMILES string of the molecule is COc1cc(F)ccc1C1(O)CCCCC1. The maximum absolute atomic E-state index is 13.1. The predicted octanol–water partition coefficient (Wildman–Crippen LogP) is 2.99. The van der Waals surface area contributed by atoms with Crippen LogP contribution < -0.4 is 4.74 Å². The van der Waals surface area contributed by atoms with Gasteiger partial charge in [0, 0.05) is 11.6 Å². The zero-order chi connectivity index (χ0) is 11.6. The van der Waals surface area contributed by atoms with Crippen molar-refractivity contribution in [2.45, 2.75) is 37.7 Å². The molecule has 1 aromatic carbocycles. The van der Waals surface area contributed by atoms with Crippen molar-refractivity contribution in [1.82, 2.24) is 0 Å². The van der Waals surface area contributed by atoms with Crippen molar-refractivity contribution in [1.29, 1.82) is 0 Å². The van der Waals surface area contributed by atoms with Crippen LogP contribution in [0.3, 0.4) is 0 Å². The topological polar surface area (TPSA) is 29.5 Å². The number of hydrogen-bond acceptors (Lipinski definition) is 2. The molecule has 2 nitrogen and oxygen atoms in total. The number of hydrogen-bond donors (Lipinski definition) is 1. The molecule has 0 bridgehead atoms. The molecule has 0 aliphatic heterocycles. The van der Waals surface area contributed by atoms with Crippen molar-refractivity contribution >= 4 is 0 Å². The Labute approximate surface area is 95.1 Å². The first-order valence-corrected chi connectivity index (χ1v) is 5.72. The van der Waals surface area contributed by atoms with Gasteiger partial charge in [-0.3, -0.25) is 0 Å². The van der Waals surface area contributed by atoms with E-state index in [1.165, 1.54) is 19.2 Å². The number of methoxy groups -OCH3 is 1. The maximum Gasteiger partial charge on any atom is 0.127 e. The van der Waals surface area contributed by atoms with Crippen LogP contribution in [0.25, 0.3) is 0 Å². The third-order valence-electron chi connectivity index (χ3n) is 3.35. The molecule has 88 valence electrons. The third-order valence-corrected chi connectivity index (χ3v) is 3.35. The van der Waals surface area contributed by atoms with E-state index in [1.54, 1.807) is 6.07 Å². The number of benzene rings is 1. The Morgan fingerprint density at radius 3 is 2.56 bits per heavy atom. The highest BCUT2D eigenvalue weighted by molar-refractivity contribution is 5.38. The predicted molar refractivity (Wildman–Crippen MR) is 59.9 cm³/mol. The molecule has 1 aliphatic rings. The van der Waals surface area contributed by atoms with Crippen LogP contribution in [-0.2, 0) is 5.60 Å². The molecule has 16 heavy (non-hydrogen) atoms. The molecule has 0 saturated heterocycles. The van der Waals surface area contributed by atoms with Gasteiger partial charge in [0.05, 0.1) is 12.7 Å². The van der Waals surface area contributed by atoms with E-state index in [9.17, 15) is 9.50 Å². The Morgan fingerprint density at radius 2 is 1.94 bits per heavy atom. The molecule has 1 N–H and O–H groups in total. The Morgan fingerprint density at radius 1 is 1.25 bits per heavy atom. The van der Waals surface area contributed by atoms with Gasteiger partial charge in [0.25, 0.3) is 0 Å². The molecule has 0 radical (unpaired) electrons. The zero-order valence-electron chi connectivity index (χ0n) is 9.50. The summed E-state index contributed by atoms with van der Waals surface area (Å²) in [5.74, 6) is 0.115.